The maximum atomic E-state index is 10.8. The van der Waals surface area contributed by atoms with Gasteiger partial charge in [-0.2, -0.15) is 0 Å². The molecule has 0 saturated carbocycles. The average molecular weight is 318 g/mol. The quantitative estimate of drug-likeness (QED) is 0.800. The zero-order chi connectivity index (χ0) is 16.1. The van der Waals surface area contributed by atoms with Gasteiger partial charge in [0.2, 0.25) is 0 Å². The second-order valence-corrected chi connectivity index (χ2v) is 6.61. The lowest BCUT2D eigenvalue weighted by Gasteiger charge is -2.28. The highest BCUT2D eigenvalue weighted by Gasteiger charge is 2.59. The van der Waals surface area contributed by atoms with Crippen molar-refractivity contribution in [3.63, 3.8) is 0 Å². The Morgan fingerprint density at radius 2 is 1.86 bits per heavy atom. The first kappa shape index (κ1) is 16.1. The predicted molar refractivity (Wildman–Crippen MR) is 71.0 cm³/mol. The van der Waals surface area contributed by atoms with Gasteiger partial charge in [0.25, 0.3) is 0 Å². The molecule has 3 rings (SSSR count). The number of carboxylic acids is 1. The lowest BCUT2D eigenvalue weighted by atomic mass is 10.1. The first-order valence-corrected chi connectivity index (χ1v) is 7.33. The smallest absolute Gasteiger partial charge is 0.329 e. The summed E-state index contributed by atoms with van der Waals surface area (Å²) in [6.45, 7) is 7.08. The van der Waals surface area contributed by atoms with Crippen molar-refractivity contribution in [2.45, 2.75) is 70.0 Å². The van der Waals surface area contributed by atoms with Gasteiger partial charge in [0.05, 0.1) is 6.61 Å². The van der Waals surface area contributed by atoms with Crippen LogP contribution in [0.5, 0.6) is 0 Å². The topological polar surface area (TPSA) is 92.7 Å². The van der Waals surface area contributed by atoms with Gasteiger partial charge < -0.3 is 33.5 Å². The van der Waals surface area contributed by atoms with Crippen molar-refractivity contribution in [2.24, 2.45) is 0 Å². The normalized spacial score (nSPS) is 42.5. The number of rotatable bonds is 4. The van der Waals surface area contributed by atoms with E-state index >= 15 is 0 Å². The van der Waals surface area contributed by atoms with Crippen LogP contribution < -0.4 is 0 Å². The van der Waals surface area contributed by atoms with Gasteiger partial charge in [-0.25, -0.2) is 4.79 Å². The van der Waals surface area contributed by atoms with Crippen LogP contribution in [0.3, 0.4) is 0 Å². The summed E-state index contributed by atoms with van der Waals surface area (Å²) >= 11 is 0. The van der Waals surface area contributed by atoms with Crippen LogP contribution in [0.15, 0.2) is 0 Å². The highest BCUT2D eigenvalue weighted by molar-refractivity contribution is 5.68. The molecule has 8 heteroatoms. The van der Waals surface area contributed by atoms with E-state index in [0.29, 0.717) is 6.61 Å². The molecule has 3 fully saturated rings. The number of aliphatic carboxylic acids is 1. The Labute approximate surface area is 128 Å². The van der Waals surface area contributed by atoms with Gasteiger partial charge in [-0.15, -0.1) is 0 Å². The van der Waals surface area contributed by atoms with Crippen molar-refractivity contribution in [3.05, 3.63) is 0 Å². The fourth-order valence-electron chi connectivity index (χ4n) is 3.04. The summed E-state index contributed by atoms with van der Waals surface area (Å²) < 4.78 is 34.2. The molecule has 0 aromatic rings. The summed E-state index contributed by atoms with van der Waals surface area (Å²) in [5.41, 5.74) is 0. The van der Waals surface area contributed by atoms with Crippen LogP contribution in [0.25, 0.3) is 0 Å². The van der Waals surface area contributed by atoms with E-state index in [0.717, 1.165) is 0 Å². The zero-order valence-corrected chi connectivity index (χ0v) is 13.1. The van der Waals surface area contributed by atoms with Crippen LogP contribution in [-0.4, -0.2) is 66.6 Å². The lowest BCUT2D eigenvalue weighted by molar-refractivity contribution is -0.236. The highest BCUT2D eigenvalue weighted by Crippen LogP contribution is 2.41. The molecule has 0 radical (unpaired) electrons. The van der Waals surface area contributed by atoms with Crippen LogP contribution in [0, 0.1) is 0 Å². The van der Waals surface area contributed by atoms with E-state index in [4.69, 9.17) is 33.5 Å². The number of hydrogen-bond acceptors (Lipinski definition) is 7. The van der Waals surface area contributed by atoms with E-state index < -0.39 is 48.8 Å². The van der Waals surface area contributed by atoms with Gasteiger partial charge in [0, 0.05) is 0 Å². The third-order valence-electron chi connectivity index (χ3n) is 3.82. The fourth-order valence-corrected chi connectivity index (χ4v) is 3.04. The van der Waals surface area contributed by atoms with E-state index in [2.05, 4.69) is 0 Å². The molecule has 1 N–H and O–H groups in total. The summed E-state index contributed by atoms with van der Waals surface area (Å²) in [7, 11) is 0. The first-order chi connectivity index (χ1) is 10.2. The standard InChI is InChI=1S/C14H22O8/c1-13(2)18-5-7(20-13)9-10(17-6-8(15)16)11-12(19-9)22-14(3,4)21-11/h7,9-12H,5-6H2,1-4H3,(H,15,16)/t7?,9-,10+,11-,12-/m1/s1. The second kappa shape index (κ2) is 5.40. The molecule has 0 bridgehead atoms. The van der Waals surface area contributed by atoms with Crippen molar-refractivity contribution >= 4 is 5.97 Å². The van der Waals surface area contributed by atoms with E-state index in [1.165, 1.54) is 0 Å². The fraction of sp³-hybridized carbons (Fsp3) is 0.929. The minimum atomic E-state index is -1.05. The first-order valence-electron chi connectivity index (χ1n) is 7.33. The molecule has 0 aromatic heterocycles. The molecule has 3 heterocycles. The number of ether oxygens (including phenoxy) is 6. The van der Waals surface area contributed by atoms with E-state index in [-0.39, 0.29) is 6.10 Å². The molecule has 126 valence electrons. The number of carbonyl (C=O) groups is 1. The van der Waals surface area contributed by atoms with Crippen LogP contribution in [-0.2, 0) is 33.2 Å². The minimum absolute atomic E-state index is 0.341. The van der Waals surface area contributed by atoms with Crippen molar-refractivity contribution in [1.82, 2.24) is 0 Å². The summed E-state index contributed by atoms with van der Waals surface area (Å²) in [5, 5.41) is 8.86. The molecular formula is C14H22O8. The largest absolute Gasteiger partial charge is 0.480 e. The number of fused-ring (bicyclic) bond motifs is 1. The van der Waals surface area contributed by atoms with Crippen molar-refractivity contribution in [2.75, 3.05) is 13.2 Å². The maximum absolute atomic E-state index is 10.8. The highest BCUT2D eigenvalue weighted by atomic mass is 16.8. The molecule has 1 unspecified atom stereocenters. The molecule has 0 amide bonds. The molecule has 5 atom stereocenters. The summed E-state index contributed by atoms with van der Waals surface area (Å²) in [5.74, 6) is -2.55. The predicted octanol–water partition coefficient (Wildman–Crippen LogP) is 0.484. The van der Waals surface area contributed by atoms with Crippen LogP contribution in [0.2, 0.25) is 0 Å². The molecular weight excluding hydrogens is 296 g/mol. The van der Waals surface area contributed by atoms with Gasteiger partial charge in [-0.1, -0.05) is 0 Å². The molecule has 0 aliphatic carbocycles. The Bertz CT molecular complexity index is 448. The Hall–Kier alpha value is -0.770. The van der Waals surface area contributed by atoms with Gasteiger partial charge in [-0.05, 0) is 27.7 Å². The van der Waals surface area contributed by atoms with Crippen molar-refractivity contribution in [3.8, 4) is 0 Å². The molecule has 0 spiro atoms. The van der Waals surface area contributed by atoms with Gasteiger partial charge >= 0.3 is 5.97 Å². The van der Waals surface area contributed by atoms with Crippen LogP contribution in [0.1, 0.15) is 27.7 Å². The monoisotopic (exact) mass is 318 g/mol. The van der Waals surface area contributed by atoms with Gasteiger partial charge in [0.1, 0.15) is 31.0 Å². The molecule has 22 heavy (non-hydrogen) atoms. The average Bonchev–Trinajstić information content (AvgIpc) is 2.96. The summed E-state index contributed by atoms with van der Waals surface area (Å²) in [6.07, 6.45) is -2.56. The van der Waals surface area contributed by atoms with Gasteiger partial charge in [-0.3, -0.25) is 0 Å². The van der Waals surface area contributed by atoms with Crippen LogP contribution >= 0.6 is 0 Å². The van der Waals surface area contributed by atoms with Crippen LogP contribution in [0.4, 0.5) is 0 Å². The zero-order valence-electron chi connectivity index (χ0n) is 13.1. The third-order valence-corrected chi connectivity index (χ3v) is 3.82. The molecule has 3 aliphatic heterocycles. The maximum Gasteiger partial charge on any atom is 0.329 e. The second-order valence-electron chi connectivity index (χ2n) is 6.61. The number of carboxylic acid groups (broad SMARTS) is 1. The Kier molecular flexibility index (Phi) is 3.95. The van der Waals surface area contributed by atoms with E-state index in [1.807, 2.05) is 13.8 Å². The Morgan fingerprint density at radius 3 is 2.45 bits per heavy atom. The summed E-state index contributed by atoms with van der Waals surface area (Å²) in [4.78, 5) is 10.8. The van der Waals surface area contributed by atoms with E-state index in [9.17, 15) is 4.79 Å². The molecule has 3 saturated heterocycles. The molecule has 8 nitrogen and oxygen atoms in total. The SMILES string of the molecule is CC1(C)OCC([C@H]2O[C@@H]3OC(C)(C)O[C@@H]3[C@H]2OCC(=O)O)O1. The van der Waals surface area contributed by atoms with Crippen molar-refractivity contribution in [1.29, 1.82) is 0 Å². The van der Waals surface area contributed by atoms with E-state index in [1.54, 1.807) is 13.8 Å². The third kappa shape index (κ3) is 3.12. The van der Waals surface area contributed by atoms with Crippen molar-refractivity contribution < 1.29 is 38.3 Å². The molecule has 3 aliphatic rings. The Morgan fingerprint density at radius 1 is 1.14 bits per heavy atom. The van der Waals surface area contributed by atoms with Gasteiger partial charge in [0.15, 0.2) is 17.9 Å². The minimum Gasteiger partial charge on any atom is -0.480 e. The number of hydrogen-bond donors (Lipinski definition) is 1. The molecule has 0 aromatic carbocycles. The Balaban J connectivity index is 1.73. The summed E-state index contributed by atoms with van der Waals surface area (Å²) in [6, 6.07) is 0. The lowest BCUT2D eigenvalue weighted by Crippen LogP contribution is -2.44.